The summed E-state index contributed by atoms with van der Waals surface area (Å²) in [6, 6.07) is 13.5. The third kappa shape index (κ3) is 4.49. The summed E-state index contributed by atoms with van der Waals surface area (Å²) in [5.41, 5.74) is 1.09. The molecule has 0 spiro atoms. The highest BCUT2D eigenvalue weighted by Gasteiger charge is 2.19. The van der Waals surface area contributed by atoms with Gasteiger partial charge in [-0.2, -0.15) is 0 Å². The van der Waals surface area contributed by atoms with Gasteiger partial charge in [0.05, 0.1) is 22.2 Å². The van der Waals surface area contributed by atoms with E-state index in [1.807, 2.05) is 30.3 Å². The van der Waals surface area contributed by atoms with Crippen molar-refractivity contribution < 1.29 is 9.59 Å². The molecule has 0 aliphatic rings. The number of aromatic nitrogens is 3. The molecular weight excluding hydrogens is 401 g/mol. The van der Waals surface area contributed by atoms with Crippen LogP contribution in [0.4, 0.5) is 0 Å². The Morgan fingerprint density at radius 3 is 2.61 bits per heavy atom. The topological polar surface area (TPSA) is 88.9 Å². The average molecular weight is 418 g/mol. The molecule has 144 valence electrons. The zero-order valence-electron chi connectivity index (χ0n) is 14.9. The van der Waals surface area contributed by atoms with Crippen molar-refractivity contribution in [3.05, 3.63) is 76.3 Å². The summed E-state index contributed by atoms with van der Waals surface area (Å²) >= 11 is 12.0. The van der Waals surface area contributed by atoms with Crippen molar-refractivity contribution in [2.24, 2.45) is 0 Å². The van der Waals surface area contributed by atoms with Crippen LogP contribution in [-0.4, -0.2) is 32.6 Å². The number of rotatable bonds is 6. The van der Waals surface area contributed by atoms with Crippen molar-refractivity contribution in [2.45, 2.75) is 19.5 Å². The van der Waals surface area contributed by atoms with Crippen LogP contribution in [0.5, 0.6) is 0 Å². The first-order valence-corrected chi connectivity index (χ1v) is 9.20. The maximum Gasteiger partial charge on any atom is 0.253 e. The van der Waals surface area contributed by atoms with Gasteiger partial charge in [-0.3, -0.25) is 14.2 Å². The Bertz CT molecular complexity index is 991. The van der Waals surface area contributed by atoms with E-state index >= 15 is 0 Å². The first-order chi connectivity index (χ1) is 13.5. The Hall–Kier alpha value is -2.90. The number of hydrogen-bond donors (Lipinski definition) is 2. The fourth-order valence-corrected chi connectivity index (χ4v) is 2.91. The number of nitrogens with zero attached hydrogens (tertiary/aromatic N) is 3. The van der Waals surface area contributed by atoms with Crippen molar-refractivity contribution in [1.82, 2.24) is 25.4 Å². The summed E-state index contributed by atoms with van der Waals surface area (Å²) in [6.07, 6.45) is 1.57. The number of benzene rings is 2. The van der Waals surface area contributed by atoms with Crippen molar-refractivity contribution in [3.8, 4) is 5.69 Å². The van der Waals surface area contributed by atoms with Crippen molar-refractivity contribution in [3.63, 3.8) is 0 Å². The quantitative estimate of drug-likeness (QED) is 0.644. The number of amides is 2. The summed E-state index contributed by atoms with van der Waals surface area (Å²) in [7, 11) is 0. The van der Waals surface area contributed by atoms with Gasteiger partial charge in [0.15, 0.2) is 5.82 Å². The normalized spacial score (nSPS) is 11.7. The predicted octanol–water partition coefficient (Wildman–Crippen LogP) is 3.01. The molecule has 0 saturated heterocycles. The molecule has 0 bridgehead atoms. The largest absolute Gasteiger partial charge is 0.347 e. The molecule has 2 N–H and O–H groups in total. The Morgan fingerprint density at radius 1 is 1.11 bits per heavy atom. The lowest BCUT2D eigenvalue weighted by atomic mass is 10.2. The molecule has 0 radical (unpaired) electrons. The zero-order valence-corrected chi connectivity index (χ0v) is 16.4. The standard InChI is InChI=1S/C19H17Cl2N5O2/c1-12(24-19(28)14-8-5-9-15(20)17(14)21)18(27)22-10-16-25-23-11-26(16)13-6-3-2-4-7-13/h2-9,11-12H,10H2,1H3,(H,22,27)(H,24,28)/t12-/m1/s1. The molecule has 9 heteroatoms. The minimum atomic E-state index is -0.782. The molecule has 3 aromatic rings. The average Bonchev–Trinajstić information content (AvgIpc) is 3.17. The number of hydrogen-bond acceptors (Lipinski definition) is 4. The predicted molar refractivity (Wildman–Crippen MR) is 107 cm³/mol. The fourth-order valence-electron chi connectivity index (χ4n) is 2.52. The monoisotopic (exact) mass is 417 g/mol. The number of halogens is 2. The van der Waals surface area contributed by atoms with E-state index in [2.05, 4.69) is 20.8 Å². The van der Waals surface area contributed by atoms with Crippen LogP contribution in [0.25, 0.3) is 5.69 Å². The van der Waals surface area contributed by atoms with Crippen LogP contribution in [-0.2, 0) is 11.3 Å². The molecule has 0 fully saturated rings. The minimum Gasteiger partial charge on any atom is -0.347 e. The summed E-state index contributed by atoms with van der Waals surface area (Å²) < 4.78 is 1.77. The van der Waals surface area contributed by atoms with Gasteiger partial charge in [-0.15, -0.1) is 10.2 Å². The summed E-state index contributed by atoms with van der Waals surface area (Å²) in [5, 5.41) is 13.7. The van der Waals surface area contributed by atoms with Crippen LogP contribution in [0, 0.1) is 0 Å². The van der Waals surface area contributed by atoms with Gasteiger partial charge in [0.25, 0.3) is 5.91 Å². The first-order valence-electron chi connectivity index (χ1n) is 8.44. The maximum absolute atomic E-state index is 12.4. The summed E-state index contributed by atoms with van der Waals surface area (Å²) in [4.78, 5) is 24.7. The molecule has 0 saturated carbocycles. The highest BCUT2D eigenvalue weighted by molar-refractivity contribution is 6.43. The van der Waals surface area contributed by atoms with Gasteiger partial charge in [0, 0.05) is 5.69 Å². The smallest absolute Gasteiger partial charge is 0.253 e. The first kappa shape index (κ1) is 19.9. The van der Waals surface area contributed by atoms with Gasteiger partial charge in [-0.1, -0.05) is 47.5 Å². The Balaban J connectivity index is 1.61. The van der Waals surface area contributed by atoms with Crippen LogP contribution in [0.1, 0.15) is 23.1 Å². The highest BCUT2D eigenvalue weighted by Crippen LogP contribution is 2.25. The molecular formula is C19H17Cl2N5O2. The molecule has 7 nitrogen and oxygen atoms in total. The number of para-hydroxylation sites is 1. The lowest BCUT2D eigenvalue weighted by Crippen LogP contribution is -2.44. The Kier molecular flexibility index (Phi) is 6.28. The lowest BCUT2D eigenvalue weighted by Gasteiger charge is -2.15. The molecule has 3 rings (SSSR count). The van der Waals surface area contributed by atoms with Gasteiger partial charge < -0.3 is 10.6 Å². The highest BCUT2D eigenvalue weighted by atomic mass is 35.5. The summed E-state index contributed by atoms with van der Waals surface area (Å²) in [6.45, 7) is 1.74. The van der Waals surface area contributed by atoms with E-state index in [-0.39, 0.29) is 28.1 Å². The molecule has 2 amide bonds. The fraction of sp³-hybridized carbons (Fsp3) is 0.158. The van der Waals surface area contributed by atoms with Gasteiger partial charge in [0.1, 0.15) is 12.4 Å². The zero-order chi connectivity index (χ0) is 20.1. The van der Waals surface area contributed by atoms with Gasteiger partial charge in [-0.25, -0.2) is 0 Å². The van der Waals surface area contributed by atoms with Crippen LogP contribution in [0.15, 0.2) is 54.9 Å². The Labute approximate surface area is 171 Å². The third-order valence-electron chi connectivity index (χ3n) is 4.01. The molecule has 0 unspecified atom stereocenters. The molecule has 1 heterocycles. The van der Waals surface area contributed by atoms with E-state index in [1.165, 1.54) is 6.07 Å². The van der Waals surface area contributed by atoms with Crippen LogP contribution < -0.4 is 10.6 Å². The maximum atomic E-state index is 12.4. The van der Waals surface area contributed by atoms with E-state index in [1.54, 1.807) is 30.0 Å². The molecule has 0 aliphatic carbocycles. The Morgan fingerprint density at radius 2 is 1.86 bits per heavy atom. The molecule has 1 atom stereocenters. The van der Waals surface area contributed by atoms with E-state index < -0.39 is 11.9 Å². The van der Waals surface area contributed by atoms with Crippen LogP contribution in [0.3, 0.4) is 0 Å². The van der Waals surface area contributed by atoms with Gasteiger partial charge in [-0.05, 0) is 31.2 Å². The van der Waals surface area contributed by atoms with Gasteiger partial charge >= 0.3 is 0 Å². The van der Waals surface area contributed by atoms with E-state index in [0.717, 1.165) is 5.69 Å². The minimum absolute atomic E-state index is 0.144. The third-order valence-corrected chi connectivity index (χ3v) is 4.83. The number of carbonyl (C=O) groups is 2. The van der Waals surface area contributed by atoms with Crippen LogP contribution >= 0.6 is 23.2 Å². The lowest BCUT2D eigenvalue weighted by molar-refractivity contribution is -0.122. The van der Waals surface area contributed by atoms with Crippen molar-refractivity contribution >= 4 is 35.0 Å². The summed E-state index contributed by atoms with van der Waals surface area (Å²) in [5.74, 6) is -0.285. The second-order valence-electron chi connectivity index (χ2n) is 5.97. The molecule has 28 heavy (non-hydrogen) atoms. The van der Waals surface area contributed by atoms with E-state index in [0.29, 0.717) is 5.82 Å². The molecule has 2 aromatic carbocycles. The molecule has 0 aliphatic heterocycles. The number of carbonyl (C=O) groups excluding carboxylic acids is 2. The van der Waals surface area contributed by atoms with Crippen molar-refractivity contribution in [1.29, 1.82) is 0 Å². The van der Waals surface area contributed by atoms with Crippen molar-refractivity contribution in [2.75, 3.05) is 0 Å². The van der Waals surface area contributed by atoms with Crippen LogP contribution in [0.2, 0.25) is 10.0 Å². The number of nitrogens with one attached hydrogen (secondary N) is 2. The SMILES string of the molecule is C[C@@H](NC(=O)c1cccc(Cl)c1Cl)C(=O)NCc1nncn1-c1ccccc1. The second-order valence-corrected chi connectivity index (χ2v) is 6.75. The second kappa shape index (κ2) is 8.86. The van der Waals surface area contributed by atoms with Gasteiger partial charge in [0.2, 0.25) is 5.91 Å². The van der Waals surface area contributed by atoms with E-state index in [9.17, 15) is 9.59 Å². The van der Waals surface area contributed by atoms with E-state index in [4.69, 9.17) is 23.2 Å². The molecule has 1 aromatic heterocycles.